The summed E-state index contributed by atoms with van der Waals surface area (Å²) >= 11 is 0. The van der Waals surface area contributed by atoms with Gasteiger partial charge in [-0.15, -0.1) is 12.4 Å². The van der Waals surface area contributed by atoms with Gasteiger partial charge in [0.15, 0.2) is 0 Å². The molecule has 1 aromatic rings. The third-order valence-electron chi connectivity index (χ3n) is 5.14. The zero-order valence-electron chi connectivity index (χ0n) is 15.6. The number of hydrogen-bond donors (Lipinski definition) is 2. The predicted octanol–water partition coefficient (Wildman–Crippen LogP) is 2.84. The molecule has 0 saturated carbocycles. The number of amides is 1. The molecule has 2 N–H and O–H groups in total. The fourth-order valence-electron chi connectivity index (χ4n) is 3.44. The van der Waals surface area contributed by atoms with E-state index in [0.29, 0.717) is 31.4 Å². The van der Waals surface area contributed by atoms with E-state index in [-0.39, 0.29) is 18.3 Å². The first kappa shape index (κ1) is 21.0. The van der Waals surface area contributed by atoms with E-state index in [2.05, 4.69) is 35.8 Å². The molecule has 2 atom stereocenters. The summed E-state index contributed by atoms with van der Waals surface area (Å²) in [6, 6.07) is 6.18. The normalized spacial score (nSPS) is 22.0. The average Bonchev–Trinajstić information content (AvgIpc) is 3.30. The number of hydrogen-bond acceptors (Lipinski definition) is 4. The minimum atomic E-state index is 0. The molecule has 0 spiro atoms. The van der Waals surface area contributed by atoms with Gasteiger partial charge in [-0.05, 0) is 56.8 Å². The third-order valence-corrected chi connectivity index (χ3v) is 5.14. The van der Waals surface area contributed by atoms with Crippen LogP contribution < -0.4 is 15.4 Å². The molecule has 146 valence electrons. The second-order valence-electron chi connectivity index (χ2n) is 7.33. The predicted molar refractivity (Wildman–Crippen MR) is 105 cm³/mol. The molecular formula is C20H31ClN2O3. The minimum Gasteiger partial charge on any atom is -0.493 e. The van der Waals surface area contributed by atoms with Crippen LogP contribution in [0.25, 0.3) is 0 Å². The van der Waals surface area contributed by atoms with E-state index in [1.54, 1.807) is 0 Å². The Morgan fingerprint density at radius 1 is 1.35 bits per heavy atom. The van der Waals surface area contributed by atoms with Gasteiger partial charge in [-0.2, -0.15) is 0 Å². The van der Waals surface area contributed by atoms with E-state index in [4.69, 9.17) is 9.47 Å². The van der Waals surface area contributed by atoms with Crippen LogP contribution in [0.1, 0.15) is 36.8 Å². The van der Waals surface area contributed by atoms with Crippen LogP contribution in [0.15, 0.2) is 18.2 Å². The zero-order chi connectivity index (χ0) is 17.5. The Bertz CT molecular complexity index is 570. The van der Waals surface area contributed by atoms with Gasteiger partial charge in [-0.25, -0.2) is 0 Å². The quantitative estimate of drug-likeness (QED) is 0.725. The zero-order valence-corrected chi connectivity index (χ0v) is 16.4. The van der Waals surface area contributed by atoms with Crippen LogP contribution in [0, 0.1) is 18.8 Å². The van der Waals surface area contributed by atoms with E-state index in [1.165, 1.54) is 12.0 Å². The lowest BCUT2D eigenvalue weighted by atomic mass is 10.0. The van der Waals surface area contributed by atoms with Crippen molar-refractivity contribution in [2.24, 2.45) is 11.8 Å². The van der Waals surface area contributed by atoms with Gasteiger partial charge in [0, 0.05) is 31.1 Å². The summed E-state index contributed by atoms with van der Waals surface area (Å²) in [5, 5.41) is 6.39. The molecule has 0 aromatic heterocycles. The summed E-state index contributed by atoms with van der Waals surface area (Å²) in [4.78, 5) is 12.1. The lowest BCUT2D eigenvalue weighted by Gasteiger charge is -2.15. The number of ether oxygens (including phenoxy) is 2. The second-order valence-corrected chi connectivity index (χ2v) is 7.33. The third kappa shape index (κ3) is 6.45. The van der Waals surface area contributed by atoms with Crippen molar-refractivity contribution >= 4 is 18.3 Å². The van der Waals surface area contributed by atoms with Crippen molar-refractivity contribution in [1.29, 1.82) is 0 Å². The Balaban J connectivity index is 0.00000243. The van der Waals surface area contributed by atoms with Crippen molar-refractivity contribution in [3.63, 3.8) is 0 Å². The van der Waals surface area contributed by atoms with Gasteiger partial charge in [0.2, 0.25) is 5.91 Å². The van der Waals surface area contributed by atoms with Crippen LogP contribution in [0.2, 0.25) is 0 Å². The molecule has 3 rings (SSSR count). The average molecular weight is 383 g/mol. The van der Waals surface area contributed by atoms with Gasteiger partial charge in [0.25, 0.3) is 0 Å². The van der Waals surface area contributed by atoms with Crippen molar-refractivity contribution in [2.75, 3.05) is 32.9 Å². The van der Waals surface area contributed by atoms with Crippen LogP contribution in [0.5, 0.6) is 5.75 Å². The standard InChI is InChI=1S/C20H30N2O3.ClH/c1-15-2-4-18(19(10-15)25-14-17-7-9-24-13-17)12-22-20(23)5-3-16-6-8-21-11-16;/h2,4,10,16-17,21H,3,5-9,11-14H2,1H3,(H,22,23);1H. The Hall–Kier alpha value is -1.30. The number of nitrogens with one attached hydrogen (secondary N) is 2. The minimum absolute atomic E-state index is 0. The maximum Gasteiger partial charge on any atom is 0.220 e. The SMILES string of the molecule is Cc1ccc(CNC(=O)CCC2CCNC2)c(OCC2CCOC2)c1.Cl. The summed E-state index contributed by atoms with van der Waals surface area (Å²) in [5.74, 6) is 2.13. The molecule has 2 aliphatic heterocycles. The highest BCUT2D eigenvalue weighted by atomic mass is 35.5. The maximum atomic E-state index is 12.1. The molecule has 6 heteroatoms. The van der Waals surface area contributed by atoms with E-state index in [0.717, 1.165) is 50.5 Å². The molecule has 2 fully saturated rings. The molecule has 2 heterocycles. The fourth-order valence-corrected chi connectivity index (χ4v) is 3.44. The summed E-state index contributed by atoms with van der Waals surface area (Å²) in [6.45, 7) is 7.02. The van der Waals surface area contributed by atoms with Gasteiger partial charge >= 0.3 is 0 Å². The van der Waals surface area contributed by atoms with Crippen molar-refractivity contribution < 1.29 is 14.3 Å². The molecule has 0 radical (unpaired) electrons. The Labute approximate surface area is 162 Å². The van der Waals surface area contributed by atoms with Gasteiger partial charge in [0.1, 0.15) is 5.75 Å². The van der Waals surface area contributed by atoms with Gasteiger partial charge in [-0.1, -0.05) is 12.1 Å². The van der Waals surface area contributed by atoms with E-state index >= 15 is 0 Å². The monoisotopic (exact) mass is 382 g/mol. The van der Waals surface area contributed by atoms with Crippen LogP contribution in [0.3, 0.4) is 0 Å². The molecule has 2 saturated heterocycles. The summed E-state index contributed by atoms with van der Waals surface area (Å²) in [6.07, 6.45) is 3.83. The molecule has 0 aliphatic carbocycles. The number of rotatable bonds is 8. The smallest absolute Gasteiger partial charge is 0.220 e. The second kappa shape index (κ2) is 10.8. The lowest BCUT2D eigenvalue weighted by Crippen LogP contribution is -2.24. The number of aryl methyl sites for hydroxylation is 1. The van der Waals surface area contributed by atoms with Gasteiger partial charge in [-0.3, -0.25) is 4.79 Å². The largest absolute Gasteiger partial charge is 0.493 e. The summed E-state index contributed by atoms with van der Waals surface area (Å²) in [7, 11) is 0. The van der Waals surface area contributed by atoms with Crippen molar-refractivity contribution in [2.45, 2.75) is 39.2 Å². The topological polar surface area (TPSA) is 59.6 Å². The first-order chi connectivity index (χ1) is 12.2. The highest BCUT2D eigenvalue weighted by Gasteiger charge is 2.18. The Kier molecular flexibility index (Phi) is 8.69. The number of carbonyl (C=O) groups is 1. The lowest BCUT2D eigenvalue weighted by molar-refractivity contribution is -0.121. The number of halogens is 1. The fraction of sp³-hybridized carbons (Fsp3) is 0.650. The molecule has 2 unspecified atom stereocenters. The molecule has 1 amide bonds. The molecule has 1 aromatic carbocycles. The number of benzene rings is 1. The van der Waals surface area contributed by atoms with E-state index in [1.807, 2.05) is 0 Å². The summed E-state index contributed by atoms with van der Waals surface area (Å²) < 4.78 is 11.4. The van der Waals surface area contributed by atoms with E-state index < -0.39 is 0 Å². The van der Waals surface area contributed by atoms with Crippen molar-refractivity contribution in [1.82, 2.24) is 10.6 Å². The molecule has 0 bridgehead atoms. The van der Waals surface area contributed by atoms with Crippen LogP contribution >= 0.6 is 12.4 Å². The highest BCUT2D eigenvalue weighted by molar-refractivity contribution is 5.85. The van der Waals surface area contributed by atoms with E-state index in [9.17, 15) is 4.79 Å². The molecule has 2 aliphatic rings. The Morgan fingerprint density at radius 3 is 2.96 bits per heavy atom. The van der Waals surface area contributed by atoms with Crippen LogP contribution in [-0.2, 0) is 16.1 Å². The van der Waals surface area contributed by atoms with Crippen molar-refractivity contribution in [3.05, 3.63) is 29.3 Å². The molecule has 26 heavy (non-hydrogen) atoms. The van der Waals surface area contributed by atoms with Crippen molar-refractivity contribution in [3.8, 4) is 5.75 Å². The maximum absolute atomic E-state index is 12.1. The van der Waals surface area contributed by atoms with Crippen LogP contribution in [0.4, 0.5) is 0 Å². The highest BCUT2D eigenvalue weighted by Crippen LogP contribution is 2.23. The first-order valence-corrected chi connectivity index (χ1v) is 9.48. The molecular weight excluding hydrogens is 352 g/mol. The first-order valence-electron chi connectivity index (χ1n) is 9.48. The summed E-state index contributed by atoms with van der Waals surface area (Å²) in [5.41, 5.74) is 2.21. The van der Waals surface area contributed by atoms with Gasteiger partial charge < -0.3 is 20.1 Å². The number of carbonyl (C=O) groups excluding carboxylic acids is 1. The molecule has 5 nitrogen and oxygen atoms in total. The Morgan fingerprint density at radius 2 is 2.23 bits per heavy atom. The van der Waals surface area contributed by atoms with Gasteiger partial charge in [0.05, 0.1) is 13.2 Å². The van der Waals surface area contributed by atoms with Crippen LogP contribution in [-0.4, -0.2) is 38.8 Å².